The highest BCUT2D eigenvalue weighted by Gasteiger charge is 2.19. The molecule has 1 aliphatic rings. The highest BCUT2D eigenvalue weighted by atomic mass is 35.5. The Balaban J connectivity index is 2.22. The van der Waals surface area contributed by atoms with Gasteiger partial charge in [-0.2, -0.15) is 0 Å². The van der Waals surface area contributed by atoms with Crippen molar-refractivity contribution < 1.29 is 14.6 Å². The first kappa shape index (κ1) is 11.2. The maximum atomic E-state index is 11.0. The van der Waals surface area contributed by atoms with Crippen molar-refractivity contribution >= 4 is 23.4 Å². The number of pyridine rings is 1. The second-order valence-electron chi connectivity index (χ2n) is 3.54. The summed E-state index contributed by atoms with van der Waals surface area (Å²) in [6.07, 6.45) is 0.841. The van der Waals surface area contributed by atoms with Crippen LogP contribution in [0.5, 0.6) is 0 Å². The zero-order valence-corrected chi connectivity index (χ0v) is 9.20. The van der Waals surface area contributed by atoms with Crippen LogP contribution in [0.3, 0.4) is 0 Å². The first-order chi connectivity index (χ1) is 7.66. The van der Waals surface area contributed by atoms with E-state index in [0.29, 0.717) is 19.0 Å². The van der Waals surface area contributed by atoms with Crippen LogP contribution in [-0.4, -0.2) is 35.3 Å². The Labute approximate surface area is 97.4 Å². The fraction of sp³-hybridized carbons (Fsp3) is 0.400. The van der Waals surface area contributed by atoms with E-state index in [2.05, 4.69) is 10.3 Å². The molecule has 0 radical (unpaired) electrons. The summed E-state index contributed by atoms with van der Waals surface area (Å²) in [5.74, 6) is -0.721. The molecule has 1 aliphatic heterocycles. The molecule has 5 nitrogen and oxygen atoms in total. The molecule has 2 N–H and O–H groups in total. The van der Waals surface area contributed by atoms with E-state index in [1.165, 1.54) is 12.1 Å². The SMILES string of the molecule is O=C(O)c1ccc(Cl)nc1NC1CCOC1. The molecule has 0 saturated carbocycles. The average molecular weight is 243 g/mol. The molecular formula is C10H11ClN2O3. The van der Waals surface area contributed by atoms with E-state index in [-0.39, 0.29) is 16.8 Å². The normalized spacial score (nSPS) is 19.7. The van der Waals surface area contributed by atoms with Crippen molar-refractivity contribution in [1.29, 1.82) is 0 Å². The first-order valence-corrected chi connectivity index (χ1v) is 5.29. The lowest BCUT2D eigenvalue weighted by Crippen LogP contribution is -2.21. The van der Waals surface area contributed by atoms with E-state index >= 15 is 0 Å². The number of anilines is 1. The van der Waals surface area contributed by atoms with Crippen LogP contribution >= 0.6 is 11.6 Å². The third kappa shape index (κ3) is 2.43. The Morgan fingerprint density at radius 3 is 3.06 bits per heavy atom. The van der Waals surface area contributed by atoms with Gasteiger partial charge in [0.05, 0.1) is 12.6 Å². The fourth-order valence-corrected chi connectivity index (χ4v) is 1.71. The molecule has 0 bridgehead atoms. The summed E-state index contributed by atoms with van der Waals surface area (Å²) in [5, 5.41) is 12.3. The van der Waals surface area contributed by atoms with Crippen molar-refractivity contribution in [2.75, 3.05) is 18.5 Å². The summed E-state index contributed by atoms with van der Waals surface area (Å²) in [4.78, 5) is 14.9. The number of aromatic carboxylic acids is 1. The zero-order chi connectivity index (χ0) is 11.5. The third-order valence-corrected chi connectivity index (χ3v) is 2.57. The maximum absolute atomic E-state index is 11.0. The van der Waals surface area contributed by atoms with Gasteiger partial charge in [0.1, 0.15) is 16.5 Å². The molecule has 1 fully saturated rings. The summed E-state index contributed by atoms with van der Waals surface area (Å²) < 4.78 is 5.19. The number of rotatable bonds is 3. The molecule has 0 spiro atoms. The Morgan fingerprint density at radius 2 is 2.44 bits per heavy atom. The van der Waals surface area contributed by atoms with Crippen molar-refractivity contribution in [2.45, 2.75) is 12.5 Å². The molecule has 16 heavy (non-hydrogen) atoms. The molecule has 0 amide bonds. The molecule has 1 aromatic rings. The van der Waals surface area contributed by atoms with Crippen LogP contribution in [-0.2, 0) is 4.74 Å². The number of hydrogen-bond acceptors (Lipinski definition) is 4. The topological polar surface area (TPSA) is 71.5 Å². The number of carboxylic acids is 1. The lowest BCUT2D eigenvalue weighted by molar-refractivity contribution is 0.0697. The minimum atomic E-state index is -1.02. The number of nitrogens with one attached hydrogen (secondary N) is 1. The van der Waals surface area contributed by atoms with Gasteiger partial charge in [-0.05, 0) is 18.6 Å². The summed E-state index contributed by atoms with van der Waals surface area (Å²) in [6.45, 7) is 1.24. The van der Waals surface area contributed by atoms with E-state index in [0.717, 1.165) is 6.42 Å². The largest absolute Gasteiger partial charge is 0.478 e. The smallest absolute Gasteiger partial charge is 0.339 e. The van der Waals surface area contributed by atoms with Crippen LogP contribution < -0.4 is 5.32 Å². The molecule has 0 aromatic carbocycles. The Hall–Kier alpha value is -1.33. The lowest BCUT2D eigenvalue weighted by Gasteiger charge is -2.13. The Morgan fingerprint density at radius 1 is 1.62 bits per heavy atom. The molecule has 1 atom stereocenters. The zero-order valence-electron chi connectivity index (χ0n) is 8.44. The Kier molecular flexibility index (Phi) is 3.26. The molecular weight excluding hydrogens is 232 g/mol. The van der Waals surface area contributed by atoms with E-state index in [9.17, 15) is 4.79 Å². The summed E-state index contributed by atoms with van der Waals surface area (Å²) in [6, 6.07) is 3.00. The molecule has 0 aliphatic carbocycles. The molecule has 2 heterocycles. The number of nitrogens with zero attached hydrogens (tertiary/aromatic N) is 1. The van der Waals surface area contributed by atoms with Crippen molar-refractivity contribution in [1.82, 2.24) is 4.98 Å². The molecule has 1 aromatic heterocycles. The number of ether oxygens (including phenoxy) is 1. The van der Waals surface area contributed by atoms with Crippen molar-refractivity contribution in [2.24, 2.45) is 0 Å². The van der Waals surface area contributed by atoms with Gasteiger partial charge in [-0.25, -0.2) is 9.78 Å². The quantitative estimate of drug-likeness (QED) is 0.789. The van der Waals surface area contributed by atoms with E-state index in [1.807, 2.05) is 0 Å². The van der Waals surface area contributed by atoms with Gasteiger partial charge in [-0.15, -0.1) is 0 Å². The first-order valence-electron chi connectivity index (χ1n) is 4.91. The van der Waals surface area contributed by atoms with Crippen LogP contribution in [0.1, 0.15) is 16.8 Å². The van der Waals surface area contributed by atoms with Crippen LogP contribution in [0.2, 0.25) is 5.15 Å². The number of carboxylic acid groups (broad SMARTS) is 1. The van der Waals surface area contributed by atoms with E-state index in [1.54, 1.807) is 0 Å². The van der Waals surface area contributed by atoms with Crippen LogP contribution in [0, 0.1) is 0 Å². The summed E-state index contributed by atoms with van der Waals surface area (Å²) >= 11 is 5.73. The van der Waals surface area contributed by atoms with Crippen molar-refractivity contribution in [3.8, 4) is 0 Å². The van der Waals surface area contributed by atoms with Gasteiger partial charge in [0, 0.05) is 6.61 Å². The minimum absolute atomic E-state index is 0.101. The van der Waals surface area contributed by atoms with Gasteiger partial charge in [0.2, 0.25) is 0 Å². The van der Waals surface area contributed by atoms with Crippen molar-refractivity contribution in [3.63, 3.8) is 0 Å². The monoisotopic (exact) mass is 242 g/mol. The highest BCUT2D eigenvalue weighted by molar-refractivity contribution is 6.29. The lowest BCUT2D eigenvalue weighted by atomic mass is 10.2. The standard InChI is InChI=1S/C10H11ClN2O3/c11-8-2-1-7(10(14)15)9(13-8)12-6-3-4-16-5-6/h1-2,6H,3-5H2,(H,12,13)(H,14,15). The number of halogens is 1. The Bertz CT molecular complexity index is 405. The van der Waals surface area contributed by atoms with Crippen LogP contribution in [0.15, 0.2) is 12.1 Å². The highest BCUT2D eigenvalue weighted by Crippen LogP contribution is 2.19. The van der Waals surface area contributed by atoms with E-state index in [4.69, 9.17) is 21.4 Å². The van der Waals surface area contributed by atoms with Crippen LogP contribution in [0.25, 0.3) is 0 Å². The van der Waals surface area contributed by atoms with Crippen molar-refractivity contribution in [3.05, 3.63) is 22.8 Å². The number of aromatic nitrogens is 1. The molecule has 2 rings (SSSR count). The van der Waals surface area contributed by atoms with Gasteiger partial charge >= 0.3 is 5.97 Å². The second kappa shape index (κ2) is 4.67. The fourth-order valence-electron chi connectivity index (χ4n) is 1.56. The average Bonchev–Trinajstić information content (AvgIpc) is 2.70. The molecule has 6 heteroatoms. The number of hydrogen-bond donors (Lipinski definition) is 2. The molecule has 1 saturated heterocycles. The van der Waals surface area contributed by atoms with Gasteiger partial charge in [-0.3, -0.25) is 0 Å². The van der Waals surface area contributed by atoms with Gasteiger partial charge in [0.25, 0.3) is 0 Å². The molecule has 86 valence electrons. The predicted octanol–water partition coefficient (Wildman–Crippen LogP) is 1.63. The molecule has 1 unspecified atom stereocenters. The van der Waals surface area contributed by atoms with Gasteiger partial charge in [-0.1, -0.05) is 11.6 Å². The minimum Gasteiger partial charge on any atom is -0.478 e. The van der Waals surface area contributed by atoms with Gasteiger partial charge in [0.15, 0.2) is 0 Å². The predicted molar refractivity (Wildman–Crippen MR) is 59.1 cm³/mol. The number of carbonyl (C=O) groups is 1. The summed E-state index contributed by atoms with van der Waals surface area (Å²) in [7, 11) is 0. The summed E-state index contributed by atoms with van der Waals surface area (Å²) in [5.41, 5.74) is 0.122. The maximum Gasteiger partial charge on any atom is 0.339 e. The van der Waals surface area contributed by atoms with Gasteiger partial charge < -0.3 is 15.2 Å². The van der Waals surface area contributed by atoms with E-state index < -0.39 is 5.97 Å². The second-order valence-corrected chi connectivity index (χ2v) is 3.93. The third-order valence-electron chi connectivity index (χ3n) is 2.36. The van der Waals surface area contributed by atoms with Crippen LogP contribution in [0.4, 0.5) is 5.82 Å².